The molecule has 0 radical (unpaired) electrons. The maximum absolute atomic E-state index is 5.88. The van der Waals surface area contributed by atoms with Gasteiger partial charge in [-0.15, -0.1) is 0 Å². The van der Waals surface area contributed by atoms with Gasteiger partial charge in [-0.3, -0.25) is 0 Å². The molecule has 0 spiro atoms. The summed E-state index contributed by atoms with van der Waals surface area (Å²) in [6, 6.07) is 20.4. The van der Waals surface area contributed by atoms with Crippen molar-refractivity contribution in [2.75, 3.05) is 0 Å². The fourth-order valence-corrected chi connectivity index (χ4v) is 4.02. The molecule has 2 aromatic carbocycles. The lowest BCUT2D eigenvalue weighted by Gasteiger charge is -2.27. The highest BCUT2D eigenvalue weighted by atomic mass is 16.3. The van der Waals surface area contributed by atoms with E-state index in [0.29, 0.717) is 12.1 Å². The van der Waals surface area contributed by atoms with Crippen molar-refractivity contribution in [1.82, 2.24) is 0 Å². The van der Waals surface area contributed by atoms with Crippen molar-refractivity contribution in [1.29, 1.82) is 0 Å². The van der Waals surface area contributed by atoms with Crippen molar-refractivity contribution in [3.63, 3.8) is 0 Å². The minimum absolute atomic E-state index is 0.0443. The molecule has 2 nitrogen and oxygen atoms in total. The Labute approximate surface area is 151 Å². The van der Waals surface area contributed by atoms with Gasteiger partial charge in [0.15, 0.2) is 0 Å². The molecule has 0 aliphatic rings. The van der Waals surface area contributed by atoms with E-state index in [1.54, 1.807) is 0 Å². The van der Waals surface area contributed by atoms with Crippen LogP contribution in [-0.2, 0) is 5.41 Å². The van der Waals surface area contributed by atoms with Gasteiger partial charge in [0, 0.05) is 17.4 Å². The molecule has 0 aliphatic heterocycles. The van der Waals surface area contributed by atoms with E-state index in [2.05, 4.69) is 87.6 Å². The minimum Gasteiger partial charge on any atom is -0.466 e. The number of quaternary nitrogens is 1. The lowest BCUT2D eigenvalue weighted by atomic mass is 9.83. The van der Waals surface area contributed by atoms with Crippen LogP contribution in [0, 0.1) is 6.92 Å². The van der Waals surface area contributed by atoms with E-state index in [9.17, 15) is 0 Å². The van der Waals surface area contributed by atoms with Crippen LogP contribution in [0.2, 0.25) is 0 Å². The molecule has 2 heteroatoms. The van der Waals surface area contributed by atoms with E-state index in [4.69, 9.17) is 4.42 Å². The second-order valence-corrected chi connectivity index (χ2v) is 8.03. The van der Waals surface area contributed by atoms with E-state index in [1.165, 1.54) is 16.3 Å². The molecule has 3 aromatic rings. The summed E-state index contributed by atoms with van der Waals surface area (Å²) in [5.74, 6) is 2.08. The Morgan fingerprint density at radius 1 is 0.960 bits per heavy atom. The highest BCUT2D eigenvalue weighted by Gasteiger charge is 2.29. The average Bonchev–Trinajstić information content (AvgIpc) is 3.01. The first-order valence-electron chi connectivity index (χ1n) is 9.26. The van der Waals surface area contributed by atoms with Crippen LogP contribution in [0.15, 0.2) is 59.0 Å². The second-order valence-electron chi connectivity index (χ2n) is 8.03. The molecule has 0 saturated heterocycles. The molecule has 0 saturated carbocycles. The molecular weight excluding hydrogens is 306 g/mol. The van der Waals surface area contributed by atoms with Crippen LogP contribution in [0.25, 0.3) is 10.8 Å². The van der Waals surface area contributed by atoms with E-state index in [0.717, 1.165) is 17.9 Å². The Bertz CT molecular complexity index is 841. The van der Waals surface area contributed by atoms with Crippen molar-refractivity contribution < 1.29 is 9.73 Å². The van der Waals surface area contributed by atoms with Crippen molar-refractivity contribution in [3.05, 3.63) is 71.7 Å². The third-order valence-electron chi connectivity index (χ3n) is 5.17. The summed E-state index contributed by atoms with van der Waals surface area (Å²) in [4.78, 5) is 0. The van der Waals surface area contributed by atoms with Gasteiger partial charge >= 0.3 is 0 Å². The lowest BCUT2D eigenvalue weighted by molar-refractivity contribution is -0.723. The van der Waals surface area contributed by atoms with Gasteiger partial charge in [-0.05, 0) is 43.7 Å². The number of hydrogen-bond donors (Lipinski definition) is 1. The number of fused-ring (bicyclic) bond motifs is 1. The average molecular weight is 336 g/mol. The van der Waals surface area contributed by atoms with Crippen molar-refractivity contribution in [3.8, 4) is 0 Å². The molecule has 2 atom stereocenters. The Morgan fingerprint density at radius 3 is 2.40 bits per heavy atom. The normalized spacial score (nSPS) is 14.6. The summed E-state index contributed by atoms with van der Waals surface area (Å²) in [5, 5.41) is 5.17. The van der Waals surface area contributed by atoms with Crippen LogP contribution in [-0.4, -0.2) is 6.04 Å². The van der Waals surface area contributed by atoms with Gasteiger partial charge in [-0.2, -0.15) is 0 Å². The smallest absolute Gasteiger partial charge is 0.109 e. The van der Waals surface area contributed by atoms with Gasteiger partial charge in [-0.1, -0.05) is 56.3 Å². The van der Waals surface area contributed by atoms with Crippen LogP contribution >= 0.6 is 0 Å². The predicted octanol–water partition coefficient (Wildman–Crippen LogP) is 5.12. The third-order valence-corrected chi connectivity index (χ3v) is 5.17. The van der Waals surface area contributed by atoms with E-state index in [1.807, 2.05) is 6.92 Å². The minimum atomic E-state index is 0.0443. The van der Waals surface area contributed by atoms with E-state index < -0.39 is 0 Å². The van der Waals surface area contributed by atoms with Crippen molar-refractivity contribution in [2.24, 2.45) is 0 Å². The first-order chi connectivity index (χ1) is 11.9. The highest BCUT2D eigenvalue weighted by molar-refractivity contribution is 5.85. The standard InChI is InChI=1S/C23H29NO/c1-16(15-23(4,5)22-14-13-17(2)25-22)24-18(3)20-12-8-10-19-9-6-7-11-21(19)20/h6-14,16,18,24H,15H2,1-5H3/p+1/t16-,18+/m1/s1. The molecule has 0 unspecified atom stereocenters. The second kappa shape index (κ2) is 7.05. The van der Waals surface area contributed by atoms with Gasteiger partial charge in [0.05, 0.1) is 6.04 Å². The molecule has 1 heterocycles. The summed E-state index contributed by atoms with van der Waals surface area (Å²) < 4.78 is 5.88. The molecule has 0 amide bonds. The summed E-state index contributed by atoms with van der Waals surface area (Å²) in [6.45, 7) is 11.2. The maximum atomic E-state index is 5.88. The number of aryl methyl sites for hydroxylation is 1. The zero-order valence-electron chi connectivity index (χ0n) is 16.0. The van der Waals surface area contributed by atoms with E-state index >= 15 is 0 Å². The highest BCUT2D eigenvalue weighted by Crippen LogP contribution is 2.29. The first-order valence-corrected chi connectivity index (χ1v) is 9.26. The zero-order chi connectivity index (χ0) is 18.0. The number of rotatable bonds is 6. The van der Waals surface area contributed by atoms with Gasteiger partial charge in [0.25, 0.3) is 0 Å². The Balaban J connectivity index is 1.73. The van der Waals surface area contributed by atoms with Crippen LogP contribution in [0.3, 0.4) is 0 Å². The molecule has 0 fully saturated rings. The van der Waals surface area contributed by atoms with Crippen molar-refractivity contribution in [2.45, 2.75) is 58.5 Å². The molecule has 132 valence electrons. The van der Waals surface area contributed by atoms with E-state index in [-0.39, 0.29) is 5.41 Å². The summed E-state index contributed by atoms with van der Waals surface area (Å²) in [5.41, 5.74) is 1.46. The Hall–Kier alpha value is -2.06. The third kappa shape index (κ3) is 3.96. The lowest BCUT2D eigenvalue weighted by Crippen LogP contribution is -2.90. The number of furan rings is 1. The number of benzene rings is 2. The molecule has 2 N–H and O–H groups in total. The van der Waals surface area contributed by atoms with Gasteiger partial charge in [-0.25, -0.2) is 0 Å². The van der Waals surface area contributed by atoms with Crippen molar-refractivity contribution >= 4 is 10.8 Å². The fourth-order valence-electron chi connectivity index (χ4n) is 4.02. The largest absolute Gasteiger partial charge is 0.466 e. The Morgan fingerprint density at radius 2 is 1.68 bits per heavy atom. The molecule has 1 aromatic heterocycles. The van der Waals surface area contributed by atoms with Crippen LogP contribution in [0.4, 0.5) is 0 Å². The quantitative estimate of drug-likeness (QED) is 0.665. The predicted molar refractivity (Wildman–Crippen MR) is 105 cm³/mol. The number of nitrogens with two attached hydrogens (primary N) is 1. The fraction of sp³-hybridized carbons (Fsp3) is 0.391. The maximum Gasteiger partial charge on any atom is 0.109 e. The van der Waals surface area contributed by atoms with Crippen LogP contribution < -0.4 is 5.32 Å². The van der Waals surface area contributed by atoms with Gasteiger partial charge in [0.1, 0.15) is 17.6 Å². The summed E-state index contributed by atoms with van der Waals surface area (Å²) >= 11 is 0. The summed E-state index contributed by atoms with van der Waals surface area (Å²) in [6.07, 6.45) is 1.08. The molecule has 3 rings (SSSR count). The van der Waals surface area contributed by atoms with Gasteiger partial charge < -0.3 is 9.73 Å². The van der Waals surface area contributed by atoms with Crippen LogP contribution in [0.5, 0.6) is 0 Å². The Kier molecular flexibility index (Phi) is 5.01. The van der Waals surface area contributed by atoms with Gasteiger partial charge in [0.2, 0.25) is 0 Å². The summed E-state index contributed by atoms with van der Waals surface area (Å²) in [7, 11) is 0. The number of hydrogen-bond acceptors (Lipinski definition) is 1. The topological polar surface area (TPSA) is 29.8 Å². The molecule has 0 aliphatic carbocycles. The molecular formula is C23H30NO+. The molecule has 25 heavy (non-hydrogen) atoms. The molecule has 0 bridgehead atoms. The van der Waals surface area contributed by atoms with Crippen LogP contribution in [0.1, 0.15) is 57.2 Å². The first kappa shape index (κ1) is 17.8. The SMILES string of the molecule is Cc1ccc(C(C)(C)C[C@@H](C)[NH2+][C@@H](C)c2cccc3ccccc23)o1. The monoisotopic (exact) mass is 336 g/mol. The zero-order valence-corrected chi connectivity index (χ0v) is 16.0.